The van der Waals surface area contributed by atoms with Gasteiger partial charge in [-0.1, -0.05) is 72.8 Å². The first kappa shape index (κ1) is 21.7. The molecule has 0 bridgehead atoms. The summed E-state index contributed by atoms with van der Waals surface area (Å²) in [5.74, 6) is 1.24. The number of hydrogen-bond acceptors (Lipinski definition) is 5. The van der Waals surface area contributed by atoms with Crippen LogP contribution in [-0.4, -0.2) is 25.2 Å². The van der Waals surface area contributed by atoms with Crippen molar-refractivity contribution in [3.8, 4) is 45.7 Å². The zero-order valence-electron chi connectivity index (χ0n) is 19.9. The van der Waals surface area contributed by atoms with E-state index in [2.05, 4.69) is 50.2 Å². The third-order valence-electron chi connectivity index (χ3n) is 6.62. The van der Waals surface area contributed by atoms with Crippen LogP contribution < -0.4 is 0 Å². The Morgan fingerprint density at radius 2 is 0.889 bits per heavy atom. The summed E-state index contributed by atoms with van der Waals surface area (Å²) in [5, 5.41) is 24.8. The molecule has 1 aromatic heterocycles. The van der Waals surface area contributed by atoms with Crippen LogP contribution in [0.4, 0.5) is 0 Å². The highest BCUT2D eigenvalue weighted by Crippen LogP contribution is 2.36. The summed E-state index contributed by atoms with van der Waals surface area (Å²) < 4.78 is 0. The Balaban J connectivity index is 1.68. The Kier molecular flexibility index (Phi) is 5.11. The number of hydrogen-bond donors (Lipinski definition) is 2. The highest BCUT2D eigenvalue weighted by Gasteiger charge is 2.18. The lowest BCUT2D eigenvalue weighted by atomic mass is 9.99. The van der Waals surface area contributed by atoms with E-state index in [1.165, 1.54) is 23.3 Å². The van der Waals surface area contributed by atoms with Crippen LogP contribution in [-0.2, 0) is 0 Å². The largest absolute Gasteiger partial charge is 0.508 e. The molecular formula is C31H23N3O2. The highest BCUT2D eigenvalue weighted by molar-refractivity contribution is 5.99. The normalized spacial score (nSPS) is 11.3. The second kappa shape index (κ2) is 8.47. The fourth-order valence-electron chi connectivity index (χ4n) is 4.74. The minimum Gasteiger partial charge on any atom is -0.508 e. The molecule has 6 rings (SSSR count). The highest BCUT2D eigenvalue weighted by atomic mass is 16.3. The van der Waals surface area contributed by atoms with E-state index in [-0.39, 0.29) is 11.5 Å². The minimum atomic E-state index is -0.0966. The molecule has 1 heterocycles. The van der Waals surface area contributed by atoms with Crippen molar-refractivity contribution < 1.29 is 10.2 Å². The van der Waals surface area contributed by atoms with Crippen molar-refractivity contribution >= 4 is 21.5 Å². The van der Waals surface area contributed by atoms with Crippen LogP contribution in [0, 0.1) is 13.8 Å². The Morgan fingerprint density at radius 3 is 1.36 bits per heavy atom. The van der Waals surface area contributed by atoms with Gasteiger partial charge in [-0.15, -0.1) is 0 Å². The second-order valence-electron chi connectivity index (χ2n) is 8.96. The van der Waals surface area contributed by atoms with Crippen molar-refractivity contribution in [2.75, 3.05) is 0 Å². The number of phenolic OH excluding ortho intramolecular Hbond substituents is 2. The summed E-state index contributed by atoms with van der Waals surface area (Å²) >= 11 is 0. The van der Waals surface area contributed by atoms with E-state index in [0.29, 0.717) is 23.0 Å². The Labute approximate surface area is 208 Å². The third-order valence-corrected chi connectivity index (χ3v) is 6.62. The van der Waals surface area contributed by atoms with Crippen molar-refractivity contribution in [3.05, 3.63) is 102 Å². The molecular weight excluding hydrogens is 446 g/mol. The smallest absolute Gasteiger partial charge is 0.167 e. The maximum atomic E-state index is 10.6. The van der Waals surface area contributed by atoms with E-state index in [4.69, 9.17) is 15.0 Å². The van der Waals surface area contributed by atoms with Gasteiger partial charge in [0.2, 0.25) is 0 Å². The van der Waals surface area contributed by atoms with Gasteiger partial charge in [0.05, 0.1) is 5.56 Å². The fourth-order valence-corrected chi connectivity index (χ4v) is 4.74. The zero-order valence-corrected chi connectivity index (χ0v) is 19.9. The van der Waals surface area contributed by atoms with Gasteiger partial charge in [0.15, 0.2) is 17.5 Å². The predicted octanol–water partition coefficient (Wildman–Crippen LogP) is 7.21. The van der Waals surface area contributed by atoms with E-state index in [9.17, 15) is 10.2 Å². The van der Waals surface area contributed by atoms with Crippen LogP contribution in [0.2, 0.25) is 0 Å². The van der Waals surface area contributed by atoms with E-state index in [1.54, 1.807) is 6.07 Å². The van der Waals surface area contributed by atoms with Gasteiger partial charge < -0.3 is 10.2 Å². The van der Waals surface area contributed by atoms with Gasteiger partial charge in [0.25, 0.3) is 0 Å². The Hall–Kier alpha value is -4.77. The Morgan fingerprint density at radius 1 is 0.472 bits per heavy atom. The number of fused-ring (bicyclic) bond motifs is 2. The summed E-state index contributed by atoms with van der Waals surface area (Å²) in [4.78, 5) is 14.6. The lowest BCUT2D eigenvalue weighted by molar-refractivity contribution is 0.451. The van der Waals surface area contributed by atoms with Crippen molar-refractivity contribution in [3.63, 3.8) is 0 Å². The Bertz CT molecular complexity index is 1690. The average Bonchev–Trinajstić information content (AvgIpc) is 2.89. The first-order valence-electron chi connectivity index (χ1n) is 11.8. The third kappa shape index (κ3) is 3.62. The van der Waals surface area contributed by atoms with Gasteiger partial charge in [0.1, 0.15) is 11.5 Å². The summed E-state index contributed by atoms with van der Waals surface area (Å²) in [6.07, 6.45) is 0. The maximum absolute atomic E-state index is 10.6. The van der Waals surface area contributed by atoms with Crippen LogP contribution in [0.5, 0.6) is 11.5 Å². The summed E-state index contributed by atoms with van der Waals surface area (Å²) in [6.45, 7) is 4.17. The van der Waals surface area contributed by atoms with Gasteiger partial charge in [-0.2, -0.15) is 0 Å². The second-order valence-corrected chi connectivity index (χ2v) is 8.96. The molecule has 0 saturated heterocycles. The maximum Gasteiger partial charge on any atom is 0.167 e. The molecule has 0 aliphatic heterocycles. The van der Waals surface area contributed by atoms with Crippen LogP contribution in [0.3, 0.4) is 0 Å². The van der Waals surface area contributed by atoms with Gasteiger partial charge >= 0.3 is 0 Å². The molecule has 2 N–H and O–H groups in total. The van der Waals surface area contributed by atoms with Gasteiger partial charge in [-0.3, -0.25) is 0 Å². The number of aromatic hydroxyl groups is 2. The molecule has 0 amide bonds. The number of rotatable bonds is 3. The van der Waals surface area contributed by atoms with Crippen molar-refractivity contribution in [1.29, 1.82) is 0 Å². The van der Waals surface area contributed by atoms with Gasteiger partial charge in [-0.05, 0) is 58.7 Å². The molecule has 5 aromatic carbocycles. The molecule has 0 spiro atoms. The topological polar surface area (TPSA) is 79.1 Å². The molecule has 5 nitrogen and oxygen atoms in total. The van der Waals surface area contributed by atoms with Crippen molar-refractivity contribution in [2.45, 2.75) is 13.8 Å². The summed E-state index contributed by atoms with van der Waals surface area (Å²) in [7, 11) is 0. The van der Waals surface area contributed by atoms with Crippen LogP contribution in [0.15, 0.2) is 91.0 Å². The number of phenols is 2. The molecule has 0 atom stereocenters. The van der Waals surface area contributed by atoms with E-state index in [1.807, 2.05) is 36.4 Å². The first-order valence-corrected chi connectivity index (χ1v) is 11.8. The average molecular weight is 470 g/mol. The summed E-state index contributed by atoms with van der Waals surface area (Å²) in [5.41, 5.74) is 4.53. The van der Waals surface area contributed by atoms with Crippen LogP contribution >= 0.6 is 0 Å². The molecule has 6 aromatic rings. The predicted molar refractivity (Wildman–Crippen MR) is 144 cm³/mol. The standard InChI is InChI=1S/C31H23N3O2/c1-18-11-14-25(23-9-5-3-7-21(18)23)29-32-30(26-15-12-19(2)22-8-4-6-10-24(22)26)34-31(33-29)27-16-13-20(35)17-28(27)36/h3-17,35-36H,1-2H3. The van der Waals surface area contributed by atoms with Crippen LogP contribution in [0.1, 0.15) is 11.1 Å². The van der Waals surface area contributed by atoms with E-state index >= 15 is 0 Å². The lowest BCUT2D eigenvalue weighted by Crippen LogP contribution is -2.01. The number of aromatic nitrogens is 3. The molecule has 0 aliphatic carbocycles. The summed E-state index contributed by atoms with van der Waals surface area (Å²) in [6, 6.07) is 29.0. The zero-order chi connectivity index (χ0) is 24.8. The SMILES string of the molecule is Cc1ccc(-c2nc(-c3ccc(O)cc3O)nc(-c3ccc(C)c4ccccc34)n2)c2ccccc12. The first-order chi connectivity index (χ1) is 17.5. The number of aryl methyl sites for hydroxylation is 2. The molecule has 0 aliphatic rings. The molecule has 0 radical (unpaired) electrons. The lowest BCUT2D eigenvalue weighted by Gasteiger charge is -2.13. The monoisotopic (exact) mass is 469 g/mol. The van der Waals surface area contributed by atoms with Crippen LogP contribution in [0.25, 0.3) is 55.7 Å². The van der Waals surface area contributed by atoms with Gasteiger partial charge in [-0.25, -0.2) is 15.0 Å². The van der Waals surface area contributed by atoms with Gasteiger partial charge in [0, 0.05) is 17.2 Å². The minimum absolute atomic E-state index is 0.0280. The van der Waals surface area contributed by atoms with E-state index < -0.39 is 0 Å². The number of nitrogens with zero attached hydrogens (tertiary/aromatic N) is 3. The molecule has 0 fully saturated rings. The van der Waals surface area contributed by atoms with Crippen molar-refractivity contribution in [1.82, 2.24) is 15.0 Å². The molecule has 0 unspecified atom stereocenters. The van der Waals surface area contributed by atoms with Crippen molar-refractivity contribution in [2.24, 2.45) is 0 Å². The fraction of sp³-hybridized carbons (Fsp3) is 0.0645. The molecule has 36 heavy (non-hydrogen) atoms. The molecule has 174 valence electrons. The molecule has 0 saturated carbocycles. The quantitative estimate of drug-likeness (QED) is 0.286. The molecule has 5 heteroatoms. The van der Waals surface area contributed by atoms with E-state index in [0.717, 1.165) is 32.7 Å². The number of benzene rings is 5.